The Morgan fingerprint density at radius 2 is 1.88 bits per heavy atom. The van der Waals surface area contributed by atoms with E-state index in [1.54, 1.807) is 0 Å². The third-order valence-electron chi connectivity index (χ3n) is 2.35. The van der Waals surface area contributed by atoms with Gasteiger partial charge in [0.25, 0.3) is 0 Å². The zero-order chi connectivity index (χ0) is 12.1. The van der Waals surface area contributed by atoms with E-state index in [0.717, 1.165) is 22.4 Å². The lowest BCUT2D eigenvalue weighted by molar-refractivity contribution is -0.118. The van der Waals surface area contributed by atoms with E-state index in [-0.39, 0.29) is 12.3 Å². The molecule has 0 saturated carbocycles. The van der Waals surface area contributed by atoms with Gasteiger partial charge in [0.05, 0.1) is 13.0 Å². The van der Waals surface area contributed by atoms with Gasteiger partial charge in [-0.15, -0.1) is 0 Å². The van der Waals surface area contributed by atoms with Crippen molar-refractivity contribution in [2.24, 2.45) is 11.5 Å². The van der Waals surface area contributed by atoms with Gasteiger partial charge in [0.2, 0.25) is 5.91 Å². The fraction of sp³-hybridized carbons (Fsp3) is 0.417. The number of rotatable bonds is 5. The fourth-order valence-corrected chi connectivity index (χ4v) is 1.64. The maximum Gasteiger partial charge on any atom is 0.220 e. The van der Waals surface area contributed by atoms with E-state index in [2.05, 4.69) is 0 Å². The molecular weight excluding hydrogens is 204 g/mol. The molecule has 0 aliphatic rings. The van der Waals surface area contributed by atoms with Gasteiger partial charge < -0.3 is 16.2 Å². The molecule has 0 spiro atoms. The molecule has 0 unspecified atom stereocenters. The van der Waals surface area contributed by atoms with Crippen molar-refractivity contribution in [3.63, 3.8) is 0 Å². The summed E-state index contributed by atoms with van der Waals surface area (Å²) in [5.41, 5.74) is 13.8. The number of ether oxygens (including phenoxy) is 1. The molecule has 1 amide bonds. The van der Waals surface area contributed by atoms with Crippen LogP contribution in [0.25, 0.3) is 0 Å². The number of carbonyl (C=O) groups is 1. The van der Waals surface area contributed by atoms with Crippen LogP contribution in [-0.4, -0.2) is 12.5 Å². The Morgan fingerprint density at radius 1 is 1.31 bits per heavy atom. The fourth-order valence-electron chi connectivity index (χ4n) is 1.64. The number of amides is 1. The van der Waals surface area contributed by atoms with Crippen molar-refractivity contribution in [2.75, 3.05) is 6.61 Å². The van der Waals surface area contributed by atoms with E-state index in [1.807, 2.05) is 26.0 Å². The van der Waals surface area contributed by atoms with Crippen LogP contribution in [0.15, 0.2) is 12.1 Å². The van der Waals surface area contributed by atoms with Crippen LogP contribution in [0.3, 0.4) is 0 Å². The minimum atomic E-state index is -0.353. The Labute approximate surface area is 95.6 Å². The molecule has 4 nitrogen and oxygen atoms in total. The lowest BCUT2D eigenvalue weighted by Gasteiger charge is -2.13. The van der Waals surface area contributed by atoms with Crippen molar-refractivity contribution in [1.82, 2.24) is 0 Å². The second-order valence-electron chi connectivity index (χ2n) is 3.83. The van der Waals surface area contributed by atoms with E-state index in [1.165, 1.54) is 0 Å². The summed E-state index contributed by atoms with van der Waals surface area (Å²) in [6.07, 6.45) is 0.234. The zero-order valence-electron chi connectivity index (χ0n) is 9.75. The van der Waals surface area contributed by atoms with Crippen LogP contribution >= 0.6 is 0 Å². The van der Waals surface area contributed by atoms with Gasteiger partial charge >= 0.3 is 0 Å². The van der Waals surface area contributed by atoms with Gasteiger partial charge in [-0.2, -0.15) is 0 Å². The number of primary amides is 1. The van der Waals surface area contributed by atoms with Crippen LogP contribution in [0.4, 0.5) is 0 Å². The predicted octanol–water partition coefficient (Wildman–Crippen LogP) is 1.02. The zero-order valence-corrected chi connectivity index (χ0v) is 9.75. The molecular formula is C12H18N2O2. The smallest absolute Gasteiger partial charge is 0.220 e. The van der Waals surface area contributed by atoms with Gasteiger partial charge in [-0.3, -0.25) is 4.79 Å². The highest BCUT2D eigenvalue weighted by molar-refractivity contribution is 5.73. The van der Waals surface area contributed by atoms with Crippen LogP contribution in [-0.2, 0) is 11.3 Å². The molecule has 0 saturated heterocycles. The first kappa shape index (κ1) is 12.5. The molecule has 0 heterocycles. The molecule has 0 radical (unpaired) electrons. The first-order valence-electron chi connectivity index (χ1n) is 5.26. The molecule has 4 heteroatoms. The Morgan fingerprint density at radius 3 is 2.31 bits per heavy atom. The molecule has 4 N–H and O–H groups in total. The second-order valence-corrected chi connectivity index (χ2v) is 3.83. The molecule has 0 aromatic heterocycles. The molecule has 0 fully saturated rings. The SMILES string of the molecule is Cc1cc(CN)cc(C)c1OCCC(N)=O. The van der Waals surface area contributed by atoms with E-state index >= 15 is 0 Å². The van der Waals surface area contributed by atoms with Crippen molar-refractivity contribution in [3.05, 3.63) is 28.8 Å². The molecule has 0 aliphatic carbocycles. The molecule has 1 rings (SSSR count). The molecule has 16 heavy (non-hydrogen) atoms. The van der Waals surface area contributed by atoms with Crippen LogP contribution in [0.5, 0.6) is 5.75 Å². The van der Waals surface area contributed by atoms with Gasteiger partial charge in [-0.25, -0.2) is 0 Å². The summed E-state index contributed by atoms with van der Waals surface area (Å²) in [6.45, 7) is 4.76. The number of hydrogen-bond acceptors (Lipinski definition) is 3. The summed E-state index contributed by atoms with van der Waals surface area (Å²) >= 11 is 0. The minimum Gasteiger partial charge on any atom is -0.493 e. The maximum absolute atomic E-state index is 10.6. The summed E-state index contributed by atoms with van der Waals surface area (Å²) in [7, 11) is 0. The van der Waals surface area contributed by atoms with E-state index < -0.39 is 0 Å². The molecule has 0 aliphatic heterocycles. The number of benzene rings is 1. The quantitative estimate of drug-likeness (QED) is 0.780. The summed E-state index contributed by atoms with van der Waals surface area (Å²) in [4.78, 5) is 10.6. The Hall–Kier alpha value is -1.55. The van der Waals surface area contributed by atoms with Crippen molar-refractivity contribution in [2.45, 2.75) is 26.8 Å². The Bertz CT molecular complexity index is 366. The first-order valence-corrected chi connectivity index (χ1v) is 5.26. The molecule has 1 aromatic rings. The largest absolute Gasteiger partial charge is 0.493 e. The molecule has 88 valence electrons. The number of hydrogen-bond donors (Lipinski definition) is 2. The van der Waals surface area contributed by atoms with Crippen molar-refractivity contribution in [1.29, 1.82) is 0 Å². The molecule has 0 atom stereocenters. The van der Waals surface area contributed by atoms with Gasteiger partial charge in [0.1, 0.15) is 5.75 Å². The topological polar surface area (TPSA) is 78.3 Å². The van der Waals surface area contributed by atoms with Crippen LogP contribution < -0.4 is 16.2 Å². The second kappa shape index (κ2) is 5.51. The Balaban J connectivity index is 2.76. The van der Waals surface area contributed by atoms with Gasteiger partial charge in [-0.1, -0.05) is 12.1 Å². The normalized spacial score (nSPS) is 10.2. The lowest BCUT2D eigenvalue weighted by atomic mass is 10.1. The average molecular weight is 222 g/mol. The third kappa shape index (κ3) is 3.24. The van der Waals surface area contributed by atoms with E-state index in [0.29, 0.717) is 13.2 Å². The lowest BCUT2D eigenvalue weighted by Crippen LogP contribution is -2.15. The van der Waals surface area contributed by atoms with E-state index in [9.17, 15) is 4.79 Å². The Kier molecular flexibility index (Phi) is 4.31. The maximum atomic E-state index is 10.6. The van der Waals surface area contributed by atoms with Crippen LogP contribution in [0.2, 0.25) is 0 Å². The molecule has 1 aromatic carbocycles. The summed E-state index contributed by atoms with van der Waals surface area (Å²) < 4.78 is 5.54. The number of aryl methyl sites for hydroxylation is 2. The van der Waals surface area contributed by atoms with Gasteiger partial charge in [0.15, 0.2) is 0 Å². The van der Waals surface area contributed by atoms with Crippen LogP contribution in [0.1, 0.15) is 23.1 Å². The highest BCUT2D eigenvalue weighted by Gasteiger charge is 2.06. The van der Waals surface area contributed by atoms with Gasteiger partial charge in [0, 0.05) is 6.54 Å². The highest BCUT2D eigenvalue weighted by atomic mass is 16.5. The minimum absolute atomic E-state index is 0.234. The summed E-state index contributed by atoms with van der Waals surface area (Å²) in [5, 5.41) is 0. The summed E-state index contributed by atoms with van der Waals surface area (Å²) in [5.74, 6) is 0.465. The van der Waals surface area contributed by atoms with E-state index in [4.69, 9.17) is 16.2 Å². The number of carbonyl (C=O) groups excluding carboxylic acids is 1. The van der Waals surface area contributed by atoms with Crippen molar-refractivity contribution in [3.8, 4) is 5.75 Å². The summed E-state index contributed by atoms with van der Waals surface area (Å²) in [6, 6.07) is 3.99. The standard InChI is InChI=1S/C12H18N2O2/c1-8-5-10(7-13)6-9(2)12(8)16-4-3-11(14)15/h5-6H,3-4,7,13H2,1-2H3,(H2,14,15). The highest BCUT2D eigenvalue weighted by Crippen LogP contribution is 2.24. The number of nitrogens with two attached hydrogens (primary N) is 2. The van der Waals surface area contributed by atoms with Gasteiger partial charge in [-0.05, 0) is 30.5 Å². The van der Waals surface area contributed by atoms with Crippen LogP contribution in [0, 0.1) is 13.8 Å². The van der Waals surface area contributed by atoms with Crippen molar-refractivity contribution >= 4 is 5.91 Å². The predicted molar refractivity (Wildman–Crippen MR) is 63.1 cm³/mol. The first-order chi connectivity index (χ1) is 7.54. The monoisotopic (exact) mass is 222 g/mol. The third-order valence-corrected chi connectivity index (χ3v) is 2.35. The average Bonchev–Trinajstić information content (AvgIpc) is 2.21. The van der Waals surface area contributed by atoms with Crippen molar-refractivity contribution < 1.29 is 9.53 Å². The molecule has 0 bridgehead atoms.